The molecule has 5 nitrogen and oxygen atoms in total. The second-order valence-electron chi connectivity index (χ2n) is 5.82. The van der Waals surface area contributed by atoms with Crippen molar-refractivity contribution in [2.24, 2.45) is 0 Å². The van der Waals surface area contributed by atoms with E-state index in [2.05, 4.69) is 5.32 Å². The molecule has 2 aliphatic heterocycles. The molecule has 2 saturated heterocycles. The van der Waals surface area contributed by atoms with Crippen LogP contribution in [0.2, 0.25) is 0 Å². The van der Waals surface area contributed by atoms with Gasteiger partial charge in [0, 0.05) is 6.54 Å². The van der Waals surface area contributed by atoms with Gasteiger partial charge in [0.05, 0.1) is 19.3 Å². The molecule has 2 aliphatic rings. The van der Waals surface area contributed by atoms with Gasteiger partial charge < -0.3 is 19.7 Å². The number of morpholine rings is 1. The smallest absolute Gasteiger partial charge is 0.248 e. The second kappa shape index (κ2) is 6.03. The number of amides is 1. The number of piperidine rings is 1. The summed E-state index contributed by atoms with van der Waals surface area (Å²) in [4.78, 5) is 14.1. The Hall–Kier alpha value is -1.59. The molecule has 0 saturated carbocycles. The molecule has 1 aromatic carbocycles. The maximum Gasteiger partial charge on any atom is 0.248 e. The average molecular weight is 290 g/mol. The molecule has 0 aliphatic carbocycles. The molecule has 0 atom stereocenters. The Morgan fingerprint density at radius 2 is 2.19 bits per heavy atom. The highest BCUT2D eigenvalue weighted by molar-refractivity contribution is 5.78. The van der Waals surface area contributed by atoms with Gasteiger partial charge in [-0.05, 0) is 43.6 Å². The van der Waals surface area contributed by atoms with E-state index in [-0.39, 0.29) is 18.1 Å². The van der Waals surface area contributed by atoms with Crippen LogP contribution in [0.4, 0.5) is 0 Å². The Kier molecular flexibility index (Phi) is 4.12. The molecule has 5 heteroatoms. The van der Waals surface area contributed by atoms with Gasteiger partial charge in [-0.2, -0.15) is 0 Å². The van der Waals surface area contributed by atoms with Crippen LogP contribution >= 0.6 is 0 Å². The lowest BCUT2D eigenvalue weighted by Gasteiger charge is -2.44. The second-order valence-corrected chi connectivity index (χ2v) is 5.82. The Morgan fingerprint density at radius 3 is 2.95 bits per heavy atom. The minimum Gasteiger partial charge on any atom is -0.497 e. The molecular weight excluding hydrogens is 268 g/mol. The minimum atomic E-state index is -0.155. The molecule has 2 fully saturated rings. The quantitative estimate of drug-likeness (QED) is 0.908. The Bertz CT molecular complexity index is 512. The third-order valence-electron chi connectivity index (χ3n) is 4.36. The number of methoxy groups -OCH3 is 1. The fraction of sp³-hybridized carbons (Fsp3) is 0.562. The molecule has 3 rings (SSSR count). The van der Waals surface area contributed by atoms with Crippen molar-refractivity contribution in [1.29, 1.82) is 0 Å². The molecule has 2 heterocycles. The summed E-state index contributed by atoms with van der Waals surface area (Å²) in [6, 6.07) is 7.89. The number of hydrogen-bond donors (Lipinski definition) is 1. The summed E-state index contributed by atoms with van der Waals surface area (Å²) in [6.45, 7) is 3.42. The molecule has 1 N–H and O–H groups in total. The van der Waals surface area contributed by atoms with Gasteiger partial charge in [-0.3, -0.25) is 4.79 Å². The SMILES string of the molecule is COc1cccc(CN2CC3(CCNCC3)OCC2=O)c1. The number of carbonyl (C=O) groups excluding carboxylic acids is 1. The maximum absolute atomic E-state index is 12.1. The summed E-state index contributed by atoms with van der Waals surface area (Å²) in [7, 11) is 1.66. The predicted octanol–water partition coefficient (Wildman–Crippen LogP) is 1.18. The number of hydrogen-bond acceptors (Lipinski definition) is 4. The van der Waals surface area contributed by atoms with Crippen molar-refractivity contribution in [1.82, 2.24) is 10.2 Å². The van der Waals surface area contributed by atoms with Crippen molar-refractivity contribution in [2.45, 2.75) is 25.0 Å². The van der Waals surface area contributed by atoms with Gasteiger partial charge in [0.2, 0.25) is 5.91 Å². The van der Waals surface area contributed by atoms with E-state index in [4.69, 9.17) is 9.47 Å². The number of rotatable bonds is 3. The summed E-state index contributed by atoms with van der Waals surface area (Å²) >= 11 is 0. The fourth-order valence-electron chi connectivity index (χ4n) is 3.11. The first-order valence-electron chi connectivity index (χ1n) is 7.46. The van der Waals surface area contributed by atoms with Gasteiger partial charge in [0.15, 0.2) is 0 Å². The highest BCUT2D eigenvalue weighted by Gasteiger charge is 2.40. The number of ether oxygens (including phenoxy) is 2. The van der Waals surface area contributed by atoms with Crippen LogP contribution in [0, 0.1) is 0 Å². The van der Waals surface area contributed by atoms with E-state index in [1.54, 1.807) is 7.11 Å². The molecule has 21 heavy (non-hydrogen) atoms. The van der Waals surface area contributed by atoms with Crippen molar-refractivity contribution in [3.63, 3.8) is 0 Å². The van der Waals surface area contributed by atoms with E-state index in [1.165, 1.54) is 0 Å². The van der Waals surface area contributed by atoms with E-state index in [0.29, 0.717) is 13.1 Å². The van der Waals surface area contributed by atoms with Crippen LogP contribution in [0.15, 0.2) is 24.3 Å². The summed E-state index contributed by atoms with van der Waals surface area (Å²) in [5.41, 5.74) is 0.937. The number of nitrogens with zero attached hydrogens (tertiary/aromatic N) is 1. The van der Waals surface area contributed by atoms with Gasteiger partial charge in [-0.15, -0.1) is 0 Å². The van der Waals surface area contributed by atoms with Gasteiger partial charge in [0.25, 0.3) is 0 Å². The first-order chi connectivity index (χ1) is 10.2. The highest BCUT2D eigenvalue weighted by Crippen LogP contribution is 2.29. The van der Waals surface area contributed by atoms with E-state index in [1.807, 2.05) is 29.2 Å². The van der Waals surface area contributed by atoms with E-state index in [0.717, 1.165) is 37.2 Å². The summed E-state index contributed by atoms with van der Waals surface area (Å²) in [5, 5.41) is 3.35. The van der Waals surface area contributed by atoms with Crippen molar-refractivity contribution in [3.8, 4) is 5.75 Å². The van der Waals surface area contributed by atoms with Crippen molar-refractivity contribution < 1.29 is 14.3 Å². The largest absolute Gasteiger partial charge is 0.497 e. The average Bonchev–Trinajstić information content (AvgIpc) is 2.52. The van der Waals surface area contributed by atoms with Crippen LogP contribution in [-0.2, 0) is 16.1 Å². The van der Waals surface area contributed by atoms with Gasteiger partial charge in [-0.25, -0.2) is 0 Å². The molecule has 0 unspecified atom stereocenters. The van der Waals surface area contributed by atoms with Crippen molar-refractivity contribution >= 4 is 5.91 Å². The fourth-order valence-corrected chi connectivity index (χ4v) is 3.11. The highest BCUT2D eigenvalue weighted by atomic mass is 16.5. The predicted molar refractivity (Wildman–Crippen MR) is 79.2 cm³/mol. The van der Waals surface area contributed by atoms with Crippen LogP contribution in [0.25, 0.3) is 0 Å². The normalized spacial score (nSPS) is 21.6. The molecule has 1 aromatic rings. The molecule has 1 amide bonds. The Labute approximate surface area is 125 Å². The molecular formula is C16H22N2O3. The van der Waals surface area contributed by atoms with Crippen LogP contribution in [0.5, 0.6) is 5.75 Å². The summed E-state index contributed by atoms with van der Waals surface area (Å²) < 4.78 is 11.1. The lowest BCUT2D eigenvalue weighted by atomic mass is 9.90. The third-order valence-corrected chi connectivity index (χ3v) is 4.36. The molecule has 114 valence electrons. The Balaban J connectivity index is 1.71. The number of nitrogens with one attached hydrogen (secondary N) is 1. The monoisotopic (exact) mass is 290 g/mol. The maximum atomic E-state index is 12.1. The first-order valence-corrected chi connectivity index (χ1v) is 7.46. The minimum absolute atomic E-state index is 0.0713. The summed E-state index contributed by atoms with van der Waals surface area (Å²) in [6.07, 6.45) is 1.93. The van der Waals surface area contributed by atoms with Gasteiger partial charge in [0.1, 0.15) is 12.4 Å². The Morgan fingerprint density at radius 1 is 1.38 bits per heavy atom. The van der Waals surface area contributed by atoms with Crippen LogP contribution in [-0.4, -0.2) is 49.8 Å². The van der Waals surface area contributed by atoms with Crippen molar-refractivity contribution in [3.05, 3.63) is 29.8 Å². The van der Waals surface area contributed by atoms with Gasteiger partial charge in [-0.1, -0.05) is 12.1 Å². The lowest BCUT2D eigenvalue weighted by Crippen LogP contribution is -2.57. The van der Waals surface area contributed by atoms with E-state index in [9.17, 15) is 4.79 Å². The zero-order valence-electron chi connectivity index (χ0n) is 12.4. The van der Waals surface area contributed by atoms with E-state index >= 15 is 0 Å². The van der Waals surface area contributed by atoms with Crippen LogP contribution in [0.1, 0.15) is 18.4 Å². The van der Waals surface area contributed by atoms with Crippen molar-refractivity contribution in [2.75, 3.05) is 33.4 Å². The first kappa shape index (κ1) is 14.4. The summed E-state index contributed by atoms with van der Waals surface area (Å²) in [5.74, 6) is 0.895. The third kappa shape index (κ3) is 3.19. The number of carbonyl (C=O) groups is 1. The van der Waals surface area contributed by atoms with Gasteiger partial charge >= 0.3 is 0 Å². The zero-order valence-corrected chi connectivity index (χ0v) is 12.4. The topological polar surface area (TPSA) is 50.8 Å². The standard InChI is InChI=1S/C16H22N2O3/c1-20-14-4-2-3-13(9-14)10-18-12-16(21-11-15(18)19)5-7-17-8-6-16/h2-4,9,17H,5-8,10-12H2,1H3. The zero-order chi connectivity index (χ0) is 14.7. The number of benzene rings is 1. The molecule has 0 aromatic heterocycles. The van der Waals surface area contributed by atoms with E-state index < -0.39 is 0 Å². The van der Waals surface area contributed by atoms with Crippen LogP contribution in [0.3, 0.4) is 0 Å². The molecule has 0 radical (unpaired) electrons. The molecule has 1 spiro atoms. The lowest BCUT2D eigenvalue weighted by molar-refractivity contribution is -0.168. The molecule has 0 bridgehead atoms. The van der Waals surface area contributed by atoms with Crippen LogP contribution < -0.4 is 10.1 Å².